The molecule has 4 rings (SSSR count). The molecule has 0 radical (unpaired) electrons. The van der Waals surface area contributed by atoms with E-state index in [1.807, 2.05) is 72.8 Å². The molecule has 0 aliphatic carbocycles. The zero-order valence-electron chi connectivity index (χ0n) is 17.0. The van der Waals surface area contributed by atoms with E-state index in [1.54, 1.807) is 7.11 Å². The molecule has 0 saturated carbocycles. The normalized spacial score (nSPS) is 15.8. The highest BCUT2D eigenvalue weighted by molar-refractivity contribution is 14.1. The summed E-state index contributed by atoms with van der Waals surface area (Å²) in [4.78, 5) is 17.5. The van der Waals surface area contributed by atoms with Gasteiger partial charge in [0.2, 0.25) is 0 Å². The number of aliphatic imine (C=N–C) groups is 1. The van der Waals surface area contributed by atoms with E-state index in [2.05, 4.69) is 32.9 Å². The molecular weight excluding hydrogens is 559 g/mol. The van der Waals surface area contributed by atoms with E-state index in [-0.39, 0.29) is 5.91 Å². The Bertz CT molecular complexity index is 1220. The Labute approximate surface area is 209 Å². The number of hydrogen-bond acceptors (Lipinski definition) is 5. The van der Waals surface area contributed by atoms with Gasteiger partial charge < -0.3 is 14.8 Å². The van der Waals surface area contributed by atoms with Crippen molar-refractivity contribution in [3.8, 4) is 11.5 Å². The maximum atomic E-state index is 12.4. The third-order valence-electron chi connectivity index (χ3n) is 4.52. The van der Waals surface area contributed by atoms with Gasteiger partial charge in [0.15, 0.2) is 16.7 Å². The third-order valence-corrected chi connectivity index (χ3v) is 6.60. The van der Waals surface area contributed by atoms with Crippen LogP contribution in [0.2, 0.25) is 5.02 Å². The van der Waals surface area contributed by atoms with Gasteiger partial charge in [-0.15, -0.1) is 0 Å². The second-order valence-electron chi connectivity index (χ2n) is 6.73. The number of para-hydroxylation sites is 1. The van der Waals surface area contributed by atoms with E-state index in [1.165, 1.54) is 11.8 Å². The Kier molecular flexibility index (Phi) is 7.39. The lowest BCUT2D eigenvalue weighted by Gasteiger charge is -2.14. The van der Waals surface area contributed by atoms with Crippen LogP contribution in [-0.4, -0.2) is 18.2 Å². The lowest BCUT2D eigenvalue weighted by Crippen LogP contribution is -2.19. The number of rotatable bonds is 6. The number of methoxy groups -OCH3 is 1. The molecule has 0 aromatic heterocycles. The fraction of sp³-hybridized carbons (Fsp3) is 0.0833. The molecule has 1 N–H and O–H groups in total. The quantitative estimate of drug-likeness (QED) is 0.272. The smallest absolute Gasteiger partial charge is 0.264 e. The summed E-state index contributed by atoms with van der Waals surface area (Å²) in [6, 6.07) is 20.8. The summed E-state index contributed by atoms with van der Waals surface area (Å²) in [5.41, 5.74) is 2.50. The minimum atomic E-state index is -0.183. The lowest BCUT2D eigenvalue weighted by molar-refractivity contribution is -0.115. The van der Waals surface area contributed by atoms with Crippen molar-refractivity contribution in [3.05, 3.63) is 91.4 Å². The van der Waals surface area contributed by atoms with Crippen molar-refractivity contribution >= 4 is 68.8 Å². The number of amidine groups is 1. The summed E-state index contributed by atoms with van der Waals surface area (Å²) in [6.07, 6.45) is 1.82. The van der Waals surface area contributed by atoms with Crippen LogP contribution in [0, 0.1) is 3.57 Å². The molecule has 1 amide bonds. The number of ether oxygens (including phenoxy) is 2. The molecule has 0 unspecified atom stereocenters. The topological polar surface area (TPSA) is 59.9 Å². The molecule has 1 fully saturated rings. The molecule has 162 valence electrons. The van der Waals surface area contributed by atoms with Crippen molar-refractivity contribution in [1.29, 1.82) is 0 Å². The molecule has 32 heavy (non-hydrogen) atoms. The van der Waals surface area contributed by atoms with Crippen molar-refractivity contribution in [2.45, 2.75) is 6.61 Å². The van der Waals surface area contributed by atoms with Gasteiger partial charge in [0.05, 0.1) is 21.3 Å². The minimum Gasteiger partial charge on any atom is -0.493 e. The monoisotopic (exact) mass is 576 g/mol. The second kappa shape index (κ2) is 10.4. The predicted octanol–water partition coefficient (Wildman–Crippen LogP) is 6.42. The van der Waals surface area contributed by atoms with Gasteiger partial charge >= 0.3 is 0 Å². The average molecular weight is 577 g/mol. The first-order valence-electron chi connectivity index (χ1n) is 9.62. The van der Waals surface area contributed by atoms with E-state index in [4.69, 9.17) is 21.1 Å². The molecule has 0 spiro atoms. The predicted molar refractivity (Wildman–Crippen MR) is 139 cm³/mol. The SMILES string of the molecule is COc1cc(/C=C2\SC(=Nc3ccccc3)NC2=O)cc(I)c1OCc1ccccc1Cl. The van der Waals surface area contributed by atoms with Crippen molar-refractivity contribution < 1.29 is 14.3 Å². The molecule has 1 aliphatic heterocycles. The Morgan fingerprint density at radius 1 is 1.12 bits per heavy atom. The summed E-state index contributed by atoms with van der Waals surface area (Å²) in [7, 11) is 1.59. The summed E-state index contributed by atoms with van der Waals surface area (Å²) >= 11 is 9.73. The van der Waals surface area contributed by atoms with Gasteiger partial charge in [-0.2, -0.15) is 0 Å². The molecule has 1 saturated heterocycles. The van der Waals surface area contributed by atoms with Gasteiger partial charge in [-0.3, -0.25) is 4.79 Å². The number of carbonyl (C=O) groups excluding carboxylic acids is 1. The molecule has 5 nitrogen and oxygen atoms in total. The van der Waals surface area contributed by atoms with Crippen LogP contribution in [0.5, 0.6) is 11.5 Å². The van der Waals surface area contributed by atoms with Crippen LogP contribution >= 0.6 is 46.0 Å². The molecule has 0 atom stereocenters. The van der Waals surface area contributed by atoms with Crippen molar-refractivity contribution in [2.24, 2.45) is 4.99 Å². The zero-order valence-corrected chi connectivity index (χ0v) is 20.7. The number of amides is 1. The third kappa shape index (κ3) is 5.46. The second-order valence-corrected chi connectivity index (χ2v) is 9.33. The number of carbonyl (C=O) groups is 1. The number of halogens is 2. The van der Waals surface area contributed by atoms with Crippen LogP contribution in [0.25, 0.3) is 6.08 Å². The van der Waals surface area contributed by atoms with Gasteiger partial charge in [-0.25, -0.2) is 4.99 Å². The van der Waals surface area contributed by atoms with E-state index < -0.39 is 0 Å². The van der Waals surface area contributed by atoms with Crippen molar-refractivity contribution in [1.82, 2.24) is 5.32 Å². The standard InChI is InChI=1S/C24H18ClIN2O3S/c1-30-20-12-15(11-19(26)22(20)31-14-16-7-5-6-10-18(16)25)13-21-23(29)28-24(32-21)27-17-8-3-2-4-9-17/h2-13H,14H2,1H3,(H,27,28,29)/b21-13-. The summed E-state index contributed by atoms with van der Waals surface area (Å²) in [5.74, 6) is 1.03. The first-order valence-corrected chi connectivity index (χ1v) is 11.9. The van der Waals surface area contributed by atoms with Crippen LogP contribution < -0.4 is 14.8 Å². The number of thioether (sulfide) groups is 1. The molecule has 0 bridgehead atoms. The van der Waals surface area contributed by atoms with Gasteiger partial charge in [-0.05, 0) is 76.3 Å². The van der Waals surface area contributed by atoms with E-state index in [0.717, 1.165) is 20.4 Å². The first-order chi connectivity index (χ1) is 15.5. The van der Waals surface area contributed by atoms with Crippen LogP contribution in [0.1, 0.15) is 11.1 Å². The van der Waals surface area contributed by atoms with Gasteiger partial charge in [0, 0.05) is 10.6 Å². The molecule has 8 heteroatoms. The Morgan fingerprint density at radius 3 is 2.62 bits per heavy atom. The largest absolute Gasteiger partial charge is 0.493 e. The molecular formula is C24H18ClIN2O3S. The van der Waals surface area contributed by atoms with Crippen LogP contribution in [0.3, 0.4) is 0 Å². The molecule has 1 heterocycles. The average Bonchev–Trinajstić information content (AvgIpc) is 3.12. The Hall–Kier alpha value is -2.49. The minimum absolute atomic E-state index is 0.183. The Balaban J connectivity index is 1.55. The highest BCUT2D eigenvalue weighted by Gasteiger charge is 2.24. The van der Waals surface area contributed by atoms with E-state index in [0.29, 0.717) is 33.2 Å². The Morgan fingerprint density at radius 2 is 1.88 bits per heavy atom. The van der Waals surface area contributed by atoms with Gasteiger partial charge in [-0.1, -0.05) is 48.0 Å². The summed E-state index contributed by atoms with van der Waals surface area (Å²) < 4.78 is 12.4. The van der Waals surface area contributed by atoms with Crippen LogP contribution in [0.4, 0.5) is 5.69 Å². The van der Waals surface area contributed by atoms with Crippen molar-refractivity contribution in [2.75, 3.05) is 7.11 Å². The maximum absolute atomic E-state index is 12.4. The van der Waals surface area contributed by atoms with Gasteiger partial charge in [0.25, 0.3) is 5.91 Å². The van der Waals surface area contributed by atoms with Crippen LogP contribution in [0.15, 0.2) is 76.6 Å². The number of nitrogens with one attached hydrogen (secondary N) is 1. The van der Waals surface area contributed by atoms with E-state index in [9.17, 15) is 4.79 Å². The fourth-order valence-corrected chi connectivity index (χ4v) is 4.79. The van der Waals surface area contributed by atoms with Crippen LogP contribution in [-0.2, 0) is 11.4 Å². The molecule has 1 aliphatic rings. The molecule has 3 aromatic rings. The highest BCUT2D eigenvalue weighted by atomic mass is 127. The number of nitrogens with zero attached hydrogens (tertiary/aromatic N) is 1. The van der Waals surface area contributed by atoms with Gasteiger partial charge in [0.1, 0.15) is 6.61 Å². The zero-order chi connectivity index (χ0) is 22.5. The summed E-state index contributed by atoms with van der Waals surface area (Å²) in [5, 5.41) is 4.01. The highest BCUT2D eigenvalue weighted by Crippen LogP contribution is 2.37. The molecule has 3 aromatic carbocycles. The fourth-order valence-electron chi connectivity index (χ4n) is 2.98. The lowest BCUT2D eigenvalue weighted by atomic mass is 10.2. The summed E-state index contributed by atoms with van der Waals surface area (Å²) in [6.45, 7) is 0.323. The maximum Gasteiger partial charge on any atom is 0.264 e. The number of benzene rings is 3. The van der Waals surface area contributed by atoms with E-state index >= 15 is 0 Å². The first kappa shape index (κ1) is 22.7. The van der Waals surface area contributed by atoms with Crippen molar-refractivity contribution in [3.63, 3.8) is 0 Å². The number of hydrogen-bond donors (Lipinski definition) is 1.